The molecular weight excluding hydrogens is 240 g/mol. The molecule has 1 unspecified atom stereocenters. The quantitative estimate of drug-likeness (QED) is 0.838. The van der Waals surface area contributed by atoms with Crippen molar-refractivity contribution < 1.29 is 14.6 Å². The number of carbonyl (C=O) groups excluding carboxylic acids is 1. The van der Waals surface area contributed by atoms with E-state index >= 15 is 0 Å². The molecule has 1 atom stereocenters. The highest BCUT2D eigenvalue weighted by Gasteiger charge is 2.28. The molecule has 19 heavy (non-hydrogen) atoms. The molecule has 0 aliphatic heterocycles. The molecular formula is C16H14O3. The molecule has 3 rings (SSSR count). The molecule has 0 radical (unpaired) electrons. The Kier molecular flexibility index (Phi) is 2.84. The van der Waals surface area contributed by atoms with Crippen LogP contribution in [0.25, 0.3) is 11.1 Å². The average molecular weight is 254 g/mol. The molecule has 0 spiro atoms. The molecule has 1 aliphatic rings. The van der Waals surface area contributed by atoms with Gasteiger partial charge < -0.3 is 9.84 Å². The predicted molar refractivity (Wildman–Crippen MR) is 72.1 cm³/mol. The number of carbonyl (C=O) groups is 1. The summed E-state index contributed by atoms with van der Waals surface area (Å²) in [4.78, 5) is 11.6. The van der Waals surface area contributed by atoms with Crippen LogP contribution in [-0.4, -0.2) is 24.8 Å². The summed E-state index contributed by atoms with van der Waals surface area (Å²) in [7, 11) is 1.37. The van der Waals surface area contributed by atoms with Crippen LogP contribution in [0.3, 0.4) is 0 Å². The summed E-state index contributed by atoms with van der Waals surface area (Å²) < 4.78 is 4.74. The van der Waals surface area contributed by atoms with E-state index in [2.05, 4.69) is 0 Å². The Morgan fingerprint density at radius 2 is 1.89 bits per heavy atom. The molecule has 0 aromatic heterocycles. The summed E-state index contributed by atoms with van der Waals surface area (Å²) in [6.45, 7) is 0.0363. The molecule has 2 aromatic carbocycles. The number of rotatable bonds is 2. The molecule has 3 heteroatoms. The van der Waals surface area contributed by atoms with E-state index in [4.69, 9.17) is 4.74 Å². The smallest absolute Gasteiger partial charge is 0.337 e. The van der Waals surface area contributed by atoms with Gasteiger partial charge in [0.05, 0.1) is 19.3 Å². The van der Waals surface area contributed by atoms with E-state index in [1.165, 1.54) is 7.11 Å². The second kappa shape index (κ2) is 4.52. The maximum Gasteiger partial charge on any atom is 0.337 e. The molecule has 0 heterocycles. The standard InChI is InChI=1S/C16H14O3/c1-19-16(18)10-6-7-13-11-4-2-3-5-12(11)15(9-17)14(13)8-10/h2-8,15,17H,9H2,1H3. The fourth-order valence-electron chi connectivity index (χ4n) is 2.75. The third kappa shape index (κ3) is 1.74. The predicted octanol–water partition coefficient (Wildman–Crippen LogP) is 2.58. The van der Waals surface area contributed by atoms with E-state index in [0.29, 0.717) is 5.56 Å². The van der Waals surface area contributed by atoms with Crippen molar-refractivity contribution in [3.8, 4) is 11.1 Å². The SMILES string of the molecule is COC(=O)c1ccc2c(c1)C(CO)c1ccccc1-2. The first-order valence-electron chi connectivity index (χ1n) is 6.18. The van der Waals surface area contributed by atoms with Crippen LogP contribution in [0.4, 0.5) is 0 Å². The molecule has 1 aliphatic carbocycles. The van der Waals surface area contributed by atoms with Gasteiger partial charge in [0, 0.05) is 5.92 Å². The largest absolute Gasteiger partial charge is 0.465 e. The maximum atomic E-state index is 11.6. The lowest BCUT2D eigenvalue weighted by atomic mass is 9.97. The number of fused-ring (bicyclic) bond motifs is 3. The second-order valence-corrected chi connectivity index (χ2v) is 4.62. The van der Waals surface area contributed by atoms with Gasteiger partial charge in [-0.15, -0.1) is 0 Å². The minimum Gasteiger partial charge on any atom is -0.465 e. The lowest BCUT2D eigenvalue weighted by Gasteiger charge is -2.10. The van der Waals surface area contributed by atoms with Crippen LogP contribution in [0.2, 0.25) is 0 Å². The van der Waals surface area contributed by atoms with E-state index in [-0.39, 0.29) is 18.5 Å². The van der Waals surface area contributed by atoms with Crippen LogP contribution in [0.15, 0.2) is 42.5 Å². The fraction of sp³-hybridized carbons (Fsp3) is 0.188. The van der Waals surface area contributed by atoms with E-state index in [1.807, 2.05) is 36.4 Å². The zero-order chi connectivity index (χ0) is 13.4. The minimum absolute atomic E-state index is 0.0363. The van der Waals surface area contributed by atoms with Gasteiger partial charge in [-0.2, -0.15) is 0 Å². The number of hydrogen-bond acceptors (Lipinski definition) is 3. The van der Waals surface area contributed by atoms with Gasteiger partial charge in [-0.3, -0.25) is 0 Å². The number of hydrogen-bond donors (Lipinski definition) is 1. The Bertz CT molecular complexity index is 646. The number of ether oxygens (including phenoxy) is 1. The normalized spacial score (nSPS) is 15.8. The van der Waals surface area contributed by atoms with Gasteiger partial charge in [-0.1, -0.05) is 30.3 Å². The summed E-state index contributed by atoms with van der Waals surface area (Å²) >= 11 is 0. The van der Waals surface area contributed by atoms with Crippen LogP contribution < -0.4 is 0 Å². The third-order valence-electron chi connectivity index (χ3n) is 3.66. The molecule has 1 N–H and O–H groups in total. The highest BCUT2D eigenvalue weighted by molar-refractivity contribution is 5.92. The van der Waals surface area contributed by atoms with Crippen molar-refractivity contribution in [2.45, 2.75) is 5.92 Å². The third-order valence-corrected chi connectivity index (χ3v) is 3.66. The van der Waals surface area contributed by atoms with Crippen molar-refractivity contribution in [2.75, 3.05) is 13.7 Å². The van der Waals surface area contributed by atoms with E-state index in [0.717, 1.165) is 22.3 Å². The minimum atomic E-state index is -0.351. The molecule has 96 valence electrons. The maximum absolute atomic E-state index is 11.6. The topological polar surface area (TPSA) is 46.5 Å². The summed E-state index contributed by atoms with van der Waals surface area (Å²) in [6, 6.07) is 13.5. The molecule has 0 bridgehead atoms. The number of aliphatic hydroxyl groups is 1. The van der Waals surface area contributed by atoms with Crippen LogP contribution in [0.1, 0.15) is 27.4 Å². The molecule has 3 nitrogen and oxygen atoms in total. The van der Waals surface area contributed by atoms with Gasteiger partial charge in [0.25, 0.3) is 0 Å². The number of benzene rings is 2. The van der Waals surface area contributed by atoms with Gasteiger partial charge >= 0.3 is 5.97 Å². The zero-order valence-electron chi connectivity index (χ0n) is 10.6. The average Bonchev–Trinajstić information content (AvgIpc) is 2.79. The number of esters is 1. The van der Waals surface area contributed by atoms with Crippen molar-refractivity contribution >= 4 is 5.97 Å². The Hall–Kier alpha value is -2.13. The van der Waals surface area contributed by atoms with Gasteiger partial charge in [0.2, 0.25) is 0 Å². The highest BCUT2D eigenvalue weighted by Crippen LogP contribution is 2.44. The number of aliphatic hydroxyl groups excluding tert-OH is 1. The van der Waals surface area contributed by atoms with Crippen molar-refractivity contribution in [3.63, 3.8) is 0 Å². The number of methoxy groups -OCH3 is 1. The Morgan fingerprint density at radius 1 is 1.16 bits per heavy atom. The van der Waals surface area contributed by atoms with Crippen LogP contribution in [0, 0.1) is 0 Å². The highest BCUT2D eigenvalue weighted by atomic mass is 16.5. The molecule has 2 aromatic rings. The molecule has 0 saturated carbocycles. The van der Waals surface area contributed by atoms with Crippen LogP contribution in [0.5, 0.6) is 0 Å². The van der Waals surface area contributed by atoms with E-state index in [9.17, 15) is 9.90 Å². The molecule has 0 amide bonds. The van der Waals surface area contributed by atoms with Gasteiger partial charge in [-0.05, 0) is 34.4 Å². The van der Waals surface area contributed by atoms with E-state index < -0.39 is 0 Å². The van der Waals surface area contributed by atoms with Gasteiger partial charge in [-0.25, -0.2) is 4.79 Å². The summed E-state index contributed by atoms with van der Waals surface area (Å²) in [6.07, 6.45) is 0. The van der Waals surface area contributed by atoms with E-state index in [1.54, 1.807) is 6.07 Å². The van der Waals surface area contributed by atoms with Crippen molar-refractivity contribution in [1.29, 1.82) is 0 Å². The van der Waals surface area contributed by atoms with Crippen LogP contribution >= 0.6 is 0 Å². The first kappa shape index (κ1) is 11.9. The zero-order valence-corrected chi connectivity index (χ0v) is 10.6. The summed E-state index contributed by atoms with van der Waals surface area (Å²) in [5, 5.41) is 9.63. The van der Waals surface area contributed by atoms with Gasteiger partial charge in [0.1, 0.15) is 0 Å². The second-order valence-electron chi connectivity index (χ2n) is 4.62. The Morgan fingerprint density at radius 3 is 2.63 bits per heavy atom. The lowest BCUT2D eigenvalue weighted by Crippen LogP contribution is -2.05. The Balaban J connectivity index is 2.17. The van der Waals surface area contributed by atoms with Crippen molar-refractivity contribution in [1.82, 2.24) is 0 Å². The van der Waals surface area contributed by atoms with Crippen molar-refractivity contribution in [2.24, 2.45) is 0 Å². The first-order valence-corrected chi connectivity index (χ1v) is 6.18. The molecule has 0 saturated heterocycles. The first-order chi connectivity index (χ1) is 9.26. The summed E-state index contributed by atoms with van der Waals surface area (Å²) in [5.41, 5.74) is 4.84. The Labute approximate surface area is 111 Å². The summed E-state index contributed by atoms with van der Waals surface area (Å²) in [5.74, 6) is -0.411. The van der Waals surface area contributed by atoms with Crippen LogP contribution in [-0.2, 0) is 4.74 Å². The molecule has 0 fully saturated rings. The van der Waals surface area contributed by atoms with Crippen molar-refractivity contribution in [3.05, 3.63) is 59.2 Å². The van der Waals surface area contributed by atoms with Gasteiger partial charge in [0.15, 0.2) is 0 Å². The fourth-order valence-corrected chi connectivity index (χ4v) is 2.75. The monoisotopic (exact) mass is 254 g/mol. The lowest BCUT2D eigenvalue weighted by molar-refractivity contribution is 0.0600.